The molecule has 0 saturated heterocycles. The summed E-state index contributed by atoms with van der Waals surface area (Å²) in [6, 6.07) is 17.2. The molecular formula is C29H44N2S2. The average molecular weight is 485 g/mol. The first-order chi connectivity index (χ1) is 16.3. The lowest BCUT2D eigenvalue weighted by Gasteiger charge is -2.09. The van der Waals surface area contributed by atoms with Gasteiger partial charge in [0.1, 0.15) is 0 Å². The van der Waals surface area contributed by atoms with E-state index >= 15 is 0 Å². The van der Waals surface area contributed by atoms with E-state index < -0.39 is 0 Å². The standard InChI is InChI=1S/C22H38.C7H6N2S2/c1-3-5-7-9-11-13-17-21-19-15-16-20-22(21)18-14-12-10-8-6-4-2;8-11-7-9-5-3-1-2-4-6(5)10-7/h15-16,19-20H,3-14,17-18H2,1-2H3;1-4H,8H2. The quantitative estimate of drug-likeness (QED) is 0.172. The van der Waals surface area contributed by atoms with Gasteiger partial charge in [0.05, 0.1) is 10.2 Å². The number of hydrogen-bond acceptors (Lipinski definition) is 4. The largest absolute Gasteiger partial charge is 0.272 e. The topological polar surface area (TPSA) is 38.9 Å². The summed E-state index contributed by atoms with van der Waals surface area (Å²) in [6.07, 6.45) is 19.4. The van der Waals surface area contributed by atoms with Crippen LogP contribution >= 0.6 is 23.3 Å². The van der Waals surface area contributed by atoms with Crippen molar-refractivity contribution in [1.29, 1.82) is 0 Å². The van der Waals surface area contributed by atoms with Gasteiger partial charge in [-0.05, 0) is 60.9 Å². The summed E-state index contributed by atoms with van der Waals surface area (Å²) in [5.41, 5.74) is 4.27. The summed E-state index contributed by atoms with van der Waals surface area (Å²) in [7, 11) is 0. The number of nitrogens with zero attached hydrogens (tertiary/aromatic N) is 1. The normalized spacial score (nSPS) is 10.9. The fourth-order valence-electron chi connectivity index (χ4n) is 4.14. The summed E-state index contributed by atoms with van der Waals surface area (Å²) in [5, 5.41) is 5.38. The first-order valence-electron chi connectivity index (χ1n) is 13.1. The van der Waals surface area contributed by atoms with E-state index in [9.17, 15) is 0 Å². The maximum Gasteiger partial charge on any atom is 0.165 e. The Bertz CT molecular complexity index is 807. The molecule has 0 spiro atoms. The Morgan fingerprint density at radius 1 is 0.667 bits per heavy atom. The van der Waals surface area contributed by atoms with Crippen molar-refractivity contribution in [1.82, 2.24) is 4.98 Å². The third-order valence-corrected chi connectivity index (χ3v) is 7.76. The fraction of sp³-hybridized carbons (Fsp3) is 0.552. The van der Waals surface area contributed by atoms with E-state index in [1.807, 2.05) is 24.3 Å². The Hall–Kier alpha value is -1.36. The molecule has 2 aromatic carbocycles. The zero-order chi connectivity index (χ0) is 23.6. The highest BCUT2D eigenvalue weighted by Crippen LogP contribution is 2.26. The minimum absolute atomic E-state index is 0.922. The highest BCUT2D eigenvalue weighted by atomic mass is 32.2. The minimum Gasteiger partial charge on any atom is -0.272 e. The van der Waals surface area contributed by atoms with E-state index in [1.54, 1.807) is 22.5 Å². The van der Waals surface area contributed by atoms with Crippen LogP contribution in [0.15, 0.2) is 52.9 Å². The van der Waals surface area contributed by atoms with Crippen molar-refractivity contribution in [2.24, 2.45) is 5.14 Å². The van der Waals surface area contributed by atoms with Crippen molar-refractivity contribution >= 4 is 33.5 Å². The number of aryl methyl sites for hydroxylation is 2. The molecule has 1 aromatic heterocycles. The lowest BCUT2D eigenvalue weighted by Crippen LogP contribution is -1.95. The maximum absolute atomic E-state index is 5.38. The zero-order valence-corrected chi connectivity index (χ0v) is 22.5. The molecule has 2 N–H and O–H groups in total. The van der Waals surface area contributed by atoms with Crippen LogP contribution in [0.5, 0.6) is 0 Å². The number of thiazole rings is 1. The van der Waals surface area contributed by atoms with Crippen molar-refractivity contribution in [2.75, 3.05) is 0 Å². The molecule has 3 rings (SSSR count). The maximum atomic E-state index is 5.38. The molecule has 2 nitrogen and oxygen atoms in total. The van der Waals surface area contributed by atoms with Gasteiger partial charge in [-0.25, -0.2) is 4.98 Å². The number of rotatable bonds is 15. The van der Waals surface area contributed by atoms with Crippen LogP contribution in [0.3, 0.4) is 0 Å². The van der Waals surface area contributed by atoms with Gasteiger partial charge in [0, 0.05) is 0 Å². The highest BCUT2D eigenvalue weighted by molar-refractivity contribution is 7.99. The molecule has 0 aliphatic carbocycles. The predicted molar refractivity (Wildman–Crippen MR) is 150 cm³/mol. The smallest absolute Gasteiger partial charge is 0.165 e. The molecule has 33 heavy (non-hydrogen) atoms. The number of para-hydroxylation sites is 1. The number of hydrogen-bond donors (Lipinski definition) is 1. The molecule has 0 bridgehead atoms. The van der Waals surface area contributed by atoms with E-state index in [4.69, 9.17) is 5.14 Å². The summed E-state index contributed by atoms with van der Waals surface area (Å²) in [4.78, 5) is 4.29. The van der Waals surface area contributed by atoms with Crippen LogP contribution in [0, 0.1) is 0 Å². The fourth-order valence-corrected chi connectivity index (χ4v) is 5.45. The number of unbranched alkanes of at least 4 members (excludes halogenated alkanes) is 10. The van der Waals surface area contributed by atoms with E-state index in [-0.39, 0.29) is 0 Å². The number of aromatic nitrogens is 1. The third kappa shape index (κ3) is 11.6. The molecule has 0 saturated carbocycles. The summed E-state index contributed by atoms with van der Waals surface area (Å²) >= 11 is 2.83. The van der Waals surface area contributed by atoms with Crippen LogP contribution < -0.4 is 5.14 Å². The summed E-state index contributed by atoms with van der Waals surface area (Å²) < 4.78 is 2.12. The summed E-state index contributed by atoms with van der Waals surface area (Å²) in [5.74, 6) is 0. The lowest BCUT2D eigenvalue weighted by molar-refractivity contribution is 0.599. The second-order valence-corrected chi connectivity index (χ2v) is 10.8. The number of fused-ring (bicyclic) bond motifs is 1. The van der Waals surface area contributed by atoms with Crippen molar-refractivity contribution in [3.05, 3.63) is 59.7 Å². The van der Waals surface area contributed by atoms with E-state index in [2.05, 4.69) is 43.1 Å². The molecule has 1 heterocycles. The number of nitrogens with two attached hydrogens (primary N) is 1. The van der Waals surface area contributed by atoms with Crippen LogP contribution in [0.2, 0.25) is 0 Å². The van der Waals surface area contributed by atoms with Crippen LogP contribution in [-0.4, -0.2) is 4.98 Å². The van der Waals surface area contributed by atoms with Crippen molar-refractivity contribution in [3.63, 3.8) is 0 Å². The minimum atomic E-state index is 0.922. The molecule has 0 amide bonds. The SMILES string of the molecule is CCCCCCCCc1ccccc1CCCCCCCC.NSc1nc2ccccc2s1. The highest BCUT2D eigenvalue weighted by Gasteiger charge is 2.02. The van der Waals surface area contributed by atoms with Gasteiger partial charge in [-0.3, -0.25) is 5.14 Å². The third-order valence-electron chi connectivity index (χ3n) is 6.09. The average Bonchev–Trinajstić information content (AvgIpc) is 3.28. The molecular weight excluding hydrogens is 440 g/mol. The van der Waals surface area contributed by atoms with Gasteiger partial charge in [0.15, 0.2) is 4.34 Å². The monoisotopic (exact) mass is 484 g/mol. The Kier molecular flexibility index (Phi) is 15.2. The van der Waals surface area contributed by atoms with E-state index in [1.165, 1.54) is 107 Å². The van der Waals surface area contributed by atoms with Crippen molar-refractivity contribution in [3.8, 4) is 0 Å². The first-order valence-corrected chi connectivity index (χ1v) is 14.8. The van der Waals surface area contributed by atoms with Gasteiger partial charge in [-0.15, -0.1) is 11.3 Å². The van der Waals surface area contributed by atoms with Crippen LogP contribution in [-0.2, 0) is 12.8 Å². The Morgan fingerprint density at radius 3 is 1.67 bits per heavy atom. The molecule has 182 valence electrons. The van der Waals surface area contributed by atoms with Gasteiger partial charge in [-0.2, -0.15) is 0 Å². The van der Waals surface area contributed by atoms with Crippen molar-refractivity contribution in [2.45, 2.75) is 108 Å². The van der Waals surface area contributed by atoms with Gasteiger partial charge in [0.25, 0.3) is 0 Å². The molecule has 0 unspecified atom stereocenters. The zero-order valence-electron chi connectivity index (χ0n) is 20.9. The van der Waals surface area contributed by atoms with E-state index in [0.29, 0.717) is 0 Å². The number of benzene rings is 2. The van der Waals surface area contributed by atoms with Gasteiger partial charge in [0.2, 0.25) is 0 Å². The molecule has 0 radical (unpaired) electrons. The first kappa shape index (κ1) is 27.9. The van der Waals surface area contributed by atoms with Crippen molar-refractivity contribution < 1.29 is 0 Å². The molecule has 4 heteroatoms. The second kappa shape index (κ2) is 18.0. The second-order valence-electron chi connectivity index (χ2n) is 8.87. The van der Waals surface area contributed by atoms with Crippen LogP contribution in [0.1, 0.15) is 102 Å². The van der Waals surface area contributed by atoms with Gasteiger partial charge >= 0.3 is 0 Å². The van der Waals surface area contributed by atoms with E-state index in [0.717, 1.165) is 9.86 Å². The van der Waals surface area contributed by atoms with Gasteiger partial charge in [-0.1, -0.05) is 114 Å². The Morgan fingerprint density at radius 2 is 1.15 bits per heavy atom. The van der Waals surface area contributed by atoms with Crippen LogP contribution in [0.25, 0.3) is 10.2 Å². The molecule has 0 fully saturated rings. The van der Waals surface area contributed by atoms with Crippen LogP contribution in [0.4, 0.5) is 0 Å². The Balaban J connectivity index is 0.000000288. The molecule has 0 atom stereocenters. The molecule has 0 aliphatic heterocycles. The molecule has 3 aromatic rings. The predicted octanol–water partition coefficient (Wildman–Crippen LogP) is 9.75. The molecule has 0 aliphatic rings. The Labute approximate surface area is 210 Å². The lowest BCUT2D eigenvalue weighted by atomic mass is 9.96. The van der Waals surface area contributed by atoms with Gasteiger partial charge < -0.3 is 0 Å². The summed E-state index contributed by atoms with van der Waals surface area (Å²) in [6.45, 7) is 4.58.